The number of nitrogens with two attached hydrogens (primary N) is 2. The van der Waals surface area contributed by atoms with Crippen LogP contribution in [0.25, 0.3) is 0 Å². The molecule has 0 amide bonds. The Kier molecular flexibility index (Phi) is 3.03. The Morgan fingerprint density at radius 1 is 1.53 bits per heavy atom. The molecule has 0 aliphatic heterocycles. The van der Waals surface area contributed by atoms with Crippen LogP contribution in [0.2, 0.25) is 0 Å². The van der Waals surface area contributed by atoms with Crippen LogP contribution in [-0.4, -0.2) is 18.1 Å². The minimum absolute atomic E-state index is 0.197. The van der Waals surface area contributed by atoms with E-state index in [1.54, 1.807) is 0 Å². The van der Waals surface area contributed by atoms with E-state index in [9.17, 15) is 13.6 Å². The summed E-state index contributed by atoms with van der Waals surface area (Å²) in [6.07, 6.45) is -2.83. The maximum absolute atomic E-state index is 12.4. The number of nitrogens with zero attached hydrogens (tertiary/aromatic N) is 1. The molecule has 0 aromatic carbocycles. The fourth-order valence-corrected chi connectivity index (χ4v) is 1.04. The minimum atomic E-state index is -2.83. The molecule has 1 heterocycles. The van der Waals surface area contributed by atoms with Crippen molar-refractivity contribution in [2.45, 2.75) is 6.43 Å². The van der Waals surface area contributed by atoms with Gasteiger partial charge in [0.25, 0.3) is 6.43 Å². The molecule has 0 saturated carbocycles. The molecule has 0 bridgehead atoms. The molecule has 15 heavy (non-hydrogen) atoms. The van der Waals surface area contributed by atoms with Gasteiger partial charge in [-0.2, -0.15) is 0 Å². The molecule has 0 fully saturated rings. The lowest BCUT2D eigenvalue weighted by Gasteiger charge is -2.08. The molecular formula is C8H9F2N3O2. The molecule has 1 aromatic rings. The fraction of sp³-hybridized carbons (Fsp3) is 0.250. The predicted octanol–water partition coefficient (Wildman–Crippen LogP) is 0.970. The Balaban J connectivity index is 3.25. The molecule has 0 atom stereocenters. The average Bonchev–Trinajstić information content (AvgIpc) is 2.14. The number of esters is 1. The van der Waals surface area contributed by atoms with Crippen molar-refractivity contribution in [1.29, 1.82) is 0 Å². The molecule has 0 aliphatic rings. The fourth-order valence-electron chi connectivity index (χ4n) is 1.04. The number of hydrogen-bond donors (Lipinski definition) is 2. The van der Waals surface area contributed by atoms with E-state index in [4.69, 9.17) is 11.5 Å². The van der Waals surface area contributed by atoms with Gasteiger partial charge in [0.1, 0.15) is 5.82 Å². The number of methoxy groups -OCH3 is 1. The van der Waals surface area contributed by atoms with Gasteiger partial charge >= 0.3 is 5.97 Å². The van der Waals surface area contributed by atoms with E-state index in [1.807, 2.05) is 0 Å². The highest BCUT2D eigenvalue weighted by Crippen LogP contribution is 2.29. The molecule has 0 unspecified atom stereocenters. The van der Waals surface area contributed by atoms with Gasteiger partial charge in [-0.1, -0.05) is 0 Å². The van der Waals surface area contributed by atoms with Gasteiger partial charge in [-0.25, -0.2) is 18.6 Å². The monoisotopic (exact) mass is 217 g/mol. The SMILES string of the molecule is COC(=O)c1cc(N)c(C(F)F)c(N)n1. The van der Waals surface area contributed by atoms with Gasteiger partial charge in [0, 0.05) is 5.69 Å². The first-order valence-electron chi connectivity index (χ1n) is 3.89. The minimum Gasteiger partial charge on any atom is -0.464 e. The number of hydrogen-bond acceptors (Lipinski definition) is 5. The van der Waals surface area contributed by atoms with Crippen LogP contribution in [0.15, 0.2) is 6.07 Å². The molecule has 7 heteroatoms. The van der Waals surface area contributed by atoms with Crippen LogP contribution in [0, 0.1) is 0 Å². The zero-order chi connectivity index (χ0) is 11.6. The quantitative estimate of drug-likeness (QED) is 0.720. The van der Waals surface area contributed by atoms with Gasteiger partial charge in [-0.05, 0) is 6.07 Å². The van der Waals surface area contributed by atoms with Crippen molar-refractivity contribution in [1.82, 2.24) is 4.98 Å². The number of halogens is 2. The zero-order valence-electron chi connectivity index (χ0n) is 7.83. The lowest BCUT2D eigenvalue weighted by molar-refractivity contribution is 0.0593. The number of alkyl halides is 2. The van der Waals surface area contributed by atoms with Gasteiger partial charge in [-0.3, -0.25) is 0 Å². The summed E-state index contributed by atoms with van der Waals surface area (Å²) < 4.78 is 29.1. The Bertz CT molecular complexity index is 372. The van der Waals surface area contributed by atoms with Gasteiger partial charge in [0.15, 0.2) is 5.69 Å². The van der Waals surface area contributed by atoms with Crippen molar-refractivity contribution >= 4 is 17.5 Å². The van der Waals surface area contributed by atoms with E-state index >= 15 is 0 Å². The van der Waals surface area contributed by atoms with Crippen molar-refractivity contribution < 1.29 is 18.3 Å². The van der Waals surface area contributed by atoms with Gasteiger partial charge in [0.05, 0.1) is 12.7 Å². The third-order valence-electron chi connectivity index (χ3n) is 1.73. The maximum atomic E-state index is 12.4. The molecule has 0 radical (unpaired) electrons. The second-order valence-electron chi connectivity index (χ2n) is 2.69. The molecule has 4 N–H and O–H groups in total. The van der Waals surface area contributed by atoms with Gasteiger partial charge in [0.2, 0.25) is 0 Å². The highest BCUT2D eigenvalue weighted by molar-refractivity contribution is 5.89. The number of ether oxygens (including phenoxy) is 1. The van der Waals surface area contributed by atoms with Crippen LogP contribution >= 0.6 is 0 Å². The number of anilines is 2. The average molecular weight is 217 g/mol. The first-order valence-corrected chi connectivity index (χ1v) is 3.89. The third-order valence-corrected chi connectivity index (χ3v) is 1.73. The van der Waals surface area contributed by atoms with Crippen molar-refractivity contribution in [2.24, 2.45) is 0 Å². The highest BCUT2D eigenvalue weighted by atomic mass is 19.3. The number of carbonyl (C=O) groups is 1. The van der Waals surface area contributed by atoms with Crippen molar-refractivity contribution in [3.05, 3.63) is 17.3 Å². The highest BCUT2D eigenvalue weighted by Gasteiger charge is 2.19. The molecule has 0 saturated heterocycles. The molecular weight excluding hydrogens is 208 g/mol. The molecule has 0 aliphatic carbocycles. The molecule has 1 rings (SSSR count). The summed E-state index contributed by atoms with van der Waals surface area (Å²) in [5.41, 5.74) is 9.50. The lowest BCUT2D eigenvalue weighted by Crippen LogP contribution is -2.10. The van der Waals surface area contributed by atoms with E-state index < -0.39 is 23.8 Å². The Labute approximate surface area is 84.0 Å². The van der Waals surface area contributed by atoms with Crippen LogP contribution < -0.4 is 11.5 Å². The van der Waals surface area contributed by atoms with Gasteiger partial charge < -0.3 is 16.2 Å². The van der Waals surface area contributed by atoms with E-state index in [-0.39, 0.29) is 11.4 Å². The summed E-state index contributed by atoms with van der Waals surface area (Å²) in [5, 5.41) is 0. The molecule has 0 spiro atoms. The Morgan fingerprint density at radius 2 is 2.13 bits per heavy atom. The number of carbonyl (C=O) groups excluding carboxylic acids is 1. The summed E-state index contributed by atoms with van der Waals surface area (Å²) in [6, 6.07) is 1.00. The van der Waals surface area contributed by atoms with Crippen LogP contribution in [0.4, 0.5) is 20.3 Å². The predicted molar refractivity (Wildman–Crippen MR) is 49.4 cm³/mol. The van der Waals surface area contributed by atoms with Crippen LogP contribution in [0.3, 0.4) is 0 Å². The standard InChI is InChI=1S/C8H9F2N3O2/c1-15-8(14)4-2-3(11)5(6(9)10)7(12)13-4/h2,6H,1H3,(H4,11,12,13). The Morgan fingerprint density at radius 3 is 2.53 bits per heavy atom. The third kappa shape index (κ3) is 2.12. The van der Waals surface area contributed by atoms with E-state index in [1.165, 1.54) is 0 Å². The second kappa shape index (κ2) is 4.07. The first-order chi connectivity index (χ1) is 6.97. The van der Waals surface area contributed by atoms with Crippen molar-refractivity contribution in [3.8, 4) is 0 Å². The number of nitrogen functional groups attached to an aromatic ring is 2. The normalized spacial score (nSPS) is 10.4. The summed E-state index contributed by atoms with van der Waals surface area (Å²) >= 11 is 0. The maximum Gasteiger partial charge on any atom is 0.356 e. The molecule has 5 nitrogen and oxygen atoms in total. The summed E-state index contributed by atoms with van der Waals surface area (Å²) in [5.74, 6) is -1.25. The second-order valence-corrected chi connectivity index (χ2v) is 2.69. The topological polar surface area (TPSA) is 91.2 Å². The number of pyridine rings is 1. The van der Waals surface area contributed by atoms with Crippen LogP contribution in [0.5, 0.6) is 0 Å². The molecule has 82 valence electrons. The van der Waals surface area contributed by atoms with Crippen LogP contribution in [0.1, 0.15) is 22.5 Å². The molecule has 1 aromatic heterocycles. The zero-order valence-corrected chi connectivity index (χ0v) is 7.83. The van der Waals surface area contributed by atoms with Crippen molar-refractivity contribution in [3.63, 3.8) is 0 Å². The summed E-state index contributed by atoms with van der Waals surface area (Å²) in [6.45, 7) is 0. The van der Waals surface area contributed by atoms with E-state index in [0.29, 0.717) is 0 Å². The Hall–Kier alpha value is -1.92. The smallest absolute Gasteiger partial charge is 0.356 e. The largest absolute Gasteiger partial charge is 0.464 e. The number of rotatable bonds is 2. The number of aromatic nitrogens is 1. The van der Waals surface area contributed by atoms with E-state index in [2.05, 4.69) is 9.72 Å². The van der Waals surface area contributed by atoms with Gasteiger partial charge in [-0.15, -0.1) is 0 Å². The van der Waals surface area contributed by atoms with Crippen molar-refractivity contribution in [2.75, 3.05) is 18.6 Å². The van der Waals surface area contributed by atoms with E-state index in [0.717, 1.165) is 13.2 Å². The lowest BCUT2D eigenvalue weighted by atomic mass is 10.2. The first kappa shape index (κ1) is 11.2. The van der Waals surface area contributed by atoms with Crippen LogP contribution in [-0.2, 0) is 4.74 Å². The summed E-state index contributed by atoms with van der Waals surface area (Å²) in [4.78, 5) is 14.5. The summed E-state index contributed by atoms with van der Waals surface area (Å²) in [7, 11) is 1.14.